The van der Waals surface area contributed by atoms with Crippen LogP contribution in [0.4, 0.5) is 30.6 Å². The Morgan fingerprint density at radius 1 is 1.32 bits per heavy atom. The van der Waals surface area contributed by atoms with Gasteiger partial charge in [0.2, 0.25) is 10.0 Å². The Balaban J connectivity index is 1.64. The molecule has 0 unspecified atom stereocenters. The first-order valence-corrected chi connectivity index (χ1v) is 12.1. The molecule has 1 aliphatic heterocycles. The largest absolute Gasteiger partial charge is 0.465 e. The molecule has 0 radical (unpaired) electrons. The summed E-state index contributed by atoms with van der Waals surface area (Å²) in [6.45, 7) is 2.21. The molecule has 2 aromatic heterocycles. The molecule has 4 rings (SSSR count). The zero-order chi connectivity index (χ0) is 24.5. The van der Waals surface area contributed by atoms with E-state index in [-0.39, 0.29) is 23.7 Å². The molecule has 0 saturated carbocycles. The number of carboxylic acid groups (broad SMARTS) is 1. The predicted molar refractivity (Wildman–Crippen MR) is 123 cm³/mol. The fourth-order valence-corrected chi connectivity index (χ4v) is 4.78. The lowest BCUT2D eigenvalue weighted by Gasteiger charge is -2.23. The molecule has 13 heteroatoms. The number of sulfonamides is 1. The van der Waals surface area contributed by atoms with Crippen LogP contribution in [0.3, 0.4) is 0 Å². The predicted octanol–water partition coefficient (Wildman–Crippen LogP) is 3.90. The van der Waals surface area contributed by atoms with E-state index in [4.69, 9.17) is 5.11 Å². The molecule has 1 amide bonds. The fraction of sp³-hybridized carbons (Fsp3) is 0.286. The summed E-state index contributed by atoms with van der Waals surface area (Å²) in [4.78, 5) is 16.6. The first-order valence-electron chi connectivity index (χ1n) is 10.5. The van der Waals surface area contributed by atoms with Crippen molar-refractivity contribution in [3.63, 3.8) is 0 Å². The molecule has 1 aromatic carbocycles. The minimum atomic E-state index is -3.77. The highest BCUT2D eigenvalue weighted by Gasteiger charge is 2.21. The summed E-state index contributed by atoms with van der Waals surface area (Å²) >= 11 is 0. The third kappa shape index (κ3) is 4.78. The molecule has 0 atom stereocenters. The van der Waals surface area contributed by atoms with Gasteiger partial charge in [-0.05, 0) is 36.6 Å². The number of fused-ring (bicyclic) bond motifs is 1. The van der Waals surface area contributed by atoms with E-state index in [1.165, 1.54) is 11.1 Å². The van der Waals surface area contributed by atoms with E-state index in [0.717, 1.165) is 17.7 Å². The standard InChI is InChI=1S/C21H22F2N6O4S/c1-2-9-34(32,33)28-16-4-3-15(22)19(17(16)23)25-13-10-14-18(26-27-20(14)24-11-13)12-5-7-29(8-6-12)21(30)31/h3-5,10-11,25,28H,2,6-9H2,1H3,(H,30,31)(H,24,26,27). The molecule has 4 N–H and O–H groups in total. The van der Waals surface area contributed by atoms with Crippen LogP contribution in [-0.4, -0.2) is 58.5 Å². The number of hydrogen-bond donors (Lipinski definition) is 4. The van der Waals surface area contributed by atoms with E-state index >= 15 is 0 Å². The van der Waals surface area contributed by atoms with Gasteiger partial charge < -0.3 is 15.3 Å². The summed E-state index contributed by atoms with van der Waals surface area (Å²) < 4.78 is 55.6. The Bertz CT molecular complexity index is 1390. The molecule has 0 fully saturated rings. The lowest BCUT2D eigenvalue weighted by atomic mass is 10.0. The van der Waals surface area contributed by atoms with E-state index in [2.05, 4.69) is 25.2 Å². The summed E-state index contributed by atoms with van der Waals surface area (Å²) in [5.41, 5.74) is 1.20. The quantitative estimate of drug-likeness (QED) is 0.392. The molecule has 10 nitrogen and oxygen atoms in total. The molecule has 34 heavy (non-hydrogen) atoms. The maximum Gasteiger partial charge on any atom is 0.407 e. The molecule has 0 aliphatic carbocycles. The number of amides is 1. The van der Waals surface area contributed by atoms with Crippen LogP contribution in [0.2, 0.25) is 0 Å². The molecular formula is C21H22F2N6O4S. The van der Waals surface area contributed by atoms with Crippen molar-refractivity contribution in [3.8, 4) is 0 Å². The smallest absolute Gasteiger partial charge is 0.407 e. The van der Waals surface area contributed by atoms with Gasteiger partial charge in [-0.15, -0.1) is 0 Å². The fourth-order valence-electron chi connectivity index (χ4n) is 3.65. The average molecular weight is 493 g/mol. The summed E-state index contributed by atoms with van der Waals surface area (Å²) in [6.07, 6.45) is 2.91. The van der Waals surface area contributed by atoms with E-state index in [1.807, 2.05) is 0 Å². The Labute approximate surface area is 193 Å². The summed E-state index contributed by atoms with van der Waals surface area (Å²) in [6, 6.07) is 3.60. The number of aromatic amines is 1. The minimum absolute atomic E-state index is 0.198. The van der Waals surface area contributed by atoms with Gasteiger partial charge in [0.25, 0.3) is 0 Å². The number of H-pyrrole nitrogens is 1. The van der Waals surface area contributed by atoms with E-state index < -0.39 is 33.4 Å². The summed E-state index contributed by atoms with van der Waals surface area (Å²) in [5, 5.41) is 19.4. The molecular weight excluding hydrogens is 470 g/mol. The molecule has 180 valence electrons. The highest BCUT2D eigenvalue weighted by molar-refractivity contribution is 7.92. The third-order valence-corrected chi connectivity index (χ3v) is 6.78. The molecule has 0 spiro atoms. The van der Waals surface area contributed by atoms with Crippen molar-refractivity contribution in [2.75, 3.05) is 28.9 Å². The van der Waals surface area contributed by atoms with Crippen LogP contribution in [-0.2, 0) is 10.0 Å². The maximum absolute atomic E-state index is 15.0. The molecule has 0 saturated heterocycles. The number of aromatic nitrogens is 3. The Morgan fingerprint density at radius 2 is 2.12 bits per heavy atom. The maximum atomic E-state index is 15.0. The van der Waals surface area contributed by atoms with Gasteiger partial charge in [0.15, 0.2) is 11.5 Å². The lowest BCUT2D eigenvalue weighted by molar-refractivity contribution is 0.150. The van der Waals surface area contributed by atoms with Crippen LogP contribution in [0.25, 0.3) is 16.6 Å². The first-order chi connectivity index (χ1) is 16.2. The number of halogens is 2. The number of pyridine rings is 1. The van der Waals surface area contributed by atoms with Crippen molar-refractivity contribution in [1.82, 2.24) is 20.1 Å². The van der Waals surface area contributed by atoms with Gasteiger partial charge in [0.1, 0.15) is 11.5 Å². The second-order valence-corrected chi connectivity index (χ2v) is 9.57. The zero-order valence-electron chi connectivity index (χ0n) is 18.1. The Hall–Kier alpha value is -3.74. The monoisotopic (exact) mass is 492 g/mol. The van der Waals surface area contributed by atoms with Gasteiger partial charge in [-0.25, -0.2) is 27.0 Å². The summed E-state index contributed by atoms with van der Waals surface area (Å²) in [5.74, 6) is -2.19. The minimum Gasteiger partial charge on any atom is -0.465 e. The van der Waals surface area contributed by atoms with Crippen molar-refractivity contribution >= 4 is 49.8 Å². The first kappa shape index (κ1) is 23.4. The van der Waals surface area contributed by atoms with Gasteiger partial charge in [0.05, 0.1) is 29.0 Å². The average Bonchev–Trinajstić information content (AvgIpc) is 3.22. The highest BCUT2D eigenvalue weighted by atomic mass is 32.2. The van der Waals surface area contributed by atoms with Crippen molar-refractivity contribution in [1.29, 1.82) is 0 Å². The topological polar surface area (TPSA) is 140 Å². The number of rotatable bonds is 7. The third-order valence-electron chi connectivity index (χ3n) is 5.30. The van der Waals surface area contributed by atoms with E-state index in [0.29, 0.717) is 36.1 Å². The van der Waals surface area contributed by atoms with Gasteiger partial charge in [0, 0.05) is 18.5 Å². The summed E-state index contributed by atoms with van der Waals surface area (Å²) in [7, 11) is -3.77. The van der Waals surface area contributed by atoms with Crippen LogP contribution < -0.4 is 10.0 Å². The number of carbonyl (C=O) groups is 1. The molecule has 3 heterocycles. The van der Waals surface area contributed by atoms with Crippen LogP contribution in [0.5, 0.6) is 0 Å². The number of benzene rings is 1. The van der Waals surface area contributed by atoms with Crippen LogP contribution in [0.1, 0.15) is 25.5 Å². The second kappa shape index (κ2) is 9.25. The van der Waals surface area contributed by atoms with Gasteiger partial charge >= 0.3 is 6.09 Å². The van der Waals surface area contributed by atoms with Crippen molar-refractivity contribution in [3.05, 3.63) is 47.8 Å². The molecule has 1 aliphatic rings. The highest BCUT2D eigenvalue weighted by Crippen LogP contribution is 2.32. The van der Waals surface area contributed by atoms with Crippen molar-refractivity contribution in [2.24, 2.45) is 0 Å². The van der Waals surface area contributed by atoms with Gasteiger partial charge in [-0.3, -0.25) is 9.82 Å². The molecule has 3 aromatic rings. The van der Waals surface area contributed by atoms with Crippen LogP contribution in [0.15, 0.2) is 30.5 Å². The second-order valence-electron chi connectivity index (χ2n) is 7.73. The van der Waals surface area contributed by atoms with E-state index in [1.54, 1.807) is 19.1 Å². The number of hydrogen-bond acceptors (Lipinski definition) is 6. The Morgan fingerprint density at radius 3 is 2.79 bits per heavy atom. The van der Waals surface area contributed by atoms with Crippen LogP contribution in [0, 0.1) is 11.6 Å². The lowest BCUT2D eigenvalue weighted by Crippen LogP contribution is -2.33. The zero-order valence-corrected chi connectivity index (χ0v) is 18.9. The SMILES string of the molecule is CCCS(=O)(=O)Nc1ccc(F)c(Nc2cnc3[nH]nc(C4=CCN(C(=O)O)CC4)c3c2)c1F. The van der Waals surface area contributed by atoms with Crippen molar-refractivity contribution < 1.29 is 27.1 Å². The van der Waals surface area contributed by atoms with Crippen LogP contribution >= 0.6 is 0 Å². The number of anilines is 3. The number of nitrogens with one attached hydrogen (secondary N) is 3. The number of nitrogens with zero attached hydrogens (tertiary/aromatic N) is 3. The van der Waals surface area contributed by atoms with Gasteiger partial charge in [-0.1, -0.05) is 13.0 Å². The molecule has 0 bridgehead atoms. The normalized spacial score (nSPS) is 14.2. The van der Waals surface area contributed by atoms with Gasteiger partial charge in [-0.2, -0.15) is 5.10 Å². The Kier molecular flexibility index (Phi) is 6.37. The van der Waals surface area contributed by atoms with E-state index in [9.17, 15) is 22.0 Å². The van der Waals surface area contributed by atoms with Crippen molar-refractivity contribution in [2.45, 2.75) is 19.8 Å².